The fourth-order valence-electron chi connectivity index (χ4n) is 1.87. The summed E-state index contributed by atoms with van der Waals surface area (Å²) in [5, 5.41) is 20.9. The number of aromatic hydroxyl groups is 1. The molecule has 5 nitrogen and oxygen atoms in total. The molecule has 0 aliphatic rings. The van der Waals surface area contributed by atoms with E-state index in [-0.39, 0.29) is 47.6 Å². The topological polar surface area (TPSA) is 86.6 Å². The van der Waals surface area contributed by atoms with E-state index in [4.69, 9.17) is 5.11 Å². The maximum absolute atomic E-state index is 11.7. The van der Waals surface area contributed by atoms with Gasteiger partial charge >= 0.3 is 5.97 Å². The number of rotatable bonds is 8. The Labute approximate surface area is 147 Å². The number of benzene rings is 1. The van der Waals surface area contributed by atoms with Crippen molar-refractivity contribution in [3.05, 3.63) is 29.8 Å². The van der Waals surface area contributed by atoms with E-state index in [2.05, 4.69) is 5.32 Å². The molecule has 111 valence electrons. The van der Waals surface area contributed by atoms with Crippen molar-refractivity contribution in [3.8, 4) is 5.75 Å². The summed E-state index contributed by atoms with van der Waals surface area (Å²) in [6.45, 7) is 2.04. The molecule has 1 rings (SSSR count). The minimum absolute atomic E-state index is 0. The molecule has 0 saturated carbocycles. The second kappa shape index (κ2) is 10.7. The number of amides is 1. The van der Waals surface area contributed by atoms with Gasteiger partial charge in [0.05, 0.1) is 0 Å². The van der Waals surface area contributed by atoms with E-state index in [0.717, 1.165) is 24.8 Å². The molecule has 0 spiro atoms. The number of hydrogen-bond acceptors (Lipinski definition) is 3. The Morgan fingerprint density at radius 1 is 1.19 bits per heavy atom. The van der Waals surface area contributed by atoms with Gasteiger partial charge in [0, 0.05) is 42.4 Å². The normalized spacial score (nSPS) is 11.3. The largest absolute Gasteiger partial charge is 0.508 e. The molecule has 0 bridgehead atoms. The number of carbonyl (C=O) groups is 2. The summed E-state index contributed by atoms with van der Waals surface area (Å²) >= 11 is 0. The first-order valence-corrected chi connectivity index (χ1v) is 6.83. The minimum Gasteiger partial charge on any atom is -0.508 e. The van der Waals surface area contributed by atoms with Crippen LogP contribution in [0, 0.1) is 0 Å². The van der Waals surface area contributed by atoms with Gasteiger partial charge in [-0.25, -0.2) is 4.79 Å². The van der Waals surface area contributed by atoms with E-state index in [1.807, 2.05) is 6.92 Å². The zero-order valence-electron chi connectivity index (χ0n) is 12.6. The fraction of sp³-hybridized carbons (Fsp3) is 0.467. The van der Waals surface area contributed by atoms with Crippen LogP contribution in [0.4, 0.5) is 0 Å². The molecule has 0 fully saturated rings. The van der Waals surface area contributed by atoms with E-state index in [1.165, 1.54) is 12.1 Å². The van der Waals surface area contributed by atoms with Crippen LogP contribution in [0.25, 0.3) is 0 Å². The van der Waals surface area contributed by atoms with E-state index in [0.29, 0.717) is 6.42 Å². The van der Waals surface area contributed by atoms with Crippen LogP contribution in [0.2, 0.25) is 0 Å². The van der Waals surface area contributed by atoms with E-state index >= 15 is 0 Å². The number of carbonyl (C=O) groups excluding carboxylic acids is 1. The van der Waals surface area contributed by atoms with Crippen LogP contribution >= 0.6 is 0 Å². The molecule has 0 aliphatic carbocycles. The van der Waals surface area contributed by atoms with Crippen molar-refractivity contribution in [2.45, 2.75) is 45.1 Å². The molecule has 1 radical (unpaired) electrons. The van der Waals surface area contributed by atoms with Gasteiger partial charge in [0.25, 0.3) is 0 Å². The molecule has 0 heterocycles. The number of hydrogen-bond donors (Lipinski definition) is 3. The first-order chi connectivity index (χ1) is 9.52. The Morgan fingerprint density at radius 2 is 1.81 bits per heavy atom. The molecule has 0 unspecified atom stereocenters. The fourth-order valence-corrected chi connectivity index (χ4v) is 1.87. The van der Waals surface area contributed by atoms with Crippen LogP contribution in [0.1, 0.15) is 38.2 Å². The molecule has 3 N–H and O–H groups in total. The summed E-state index contributed by atoms with van der Waals surface area (Å²) in [7, 11) is 0. The minimum atomic E-state index is -1.05. The van der Waals surface area contributed by atoms with Crippen molar-refractivity contribution < 1.29 is 19.8 Å². The van der Waals surface area contributed by atoms with Crippen LogP contribution in [0.15, 0.2) is 24.3 Å². The van der Waals surface area contributed by atoms with Crippen LogP contribution in [-0.4, -0.2) is 57.7 Å². The Kier molecular flexibility index (Phi) is 10.1. The first kappa shape index (κ1) is 20.0. The zero-order chi connectivity index (χ0) is 15.0. The molecule has 6 heteroatoms. The summed E-state index contributed by atoms with van der Waals surface area (Å²) in [4.78, 5) is 22.8. The van der Waals surface area contributed by atoms with Gasteiger partial charge in [0.2, 0.25) is 5.91 Å². The number of carboxylic acid groups (broad SMARTS) is 1. The third-order valence-corrected chi connectivity index (χ3v) is 3.02. The molecular formula is C15H21NNaO4. The SMILES string of the molecule is CCCCCC(=O)N[C@@H](Cc1ccc(O)cc1)C(=O)O.[Na]. The average molecular weight is 302 g/mol. The summed E-state index contributed by atoms with van der Waals surface area (Å²) in [5.74, 6) is -1.16. The average Bonchev–Trinajstić information content (AvgIpc) is 2.40. The summed E-state index contributed by atoms with van der Waals surface area (Å²) in [5.41, 5.74) is 0.754. The summed E-state index contributed by atoms with van der Waals surface area (Å²) < 4.78 is 0. The molecule has 1 amide bonds. The van der Waals surface area contributed by atoms with Crippen LogP contribution < -0.4 is 5.32 Å². The van der Waals surface area contributed by atoms with Gasteiger partial charge in [0.1, 0.15) is 11.8 Å². The van der Waals surface area contributed by atoms with E-state index in [9.17, 15) is 14.7 Å². The zero-order valence-corrected chi connectivity index (χ0v) is 14.6. The molecule has 0 aliphatic heterocycles. The Morgan fingerprint density at radius 3 is 2.33 bits per heavy atom. The van der Waals surface area contributed by atoms with Crippen LogP contribution in [0.3, 0.4) is 0 Å². The third-order valence-electron chi connectivity index (χ3n) is 3.02. The van der Waals surface area contributed by atoms with Crippen molar-refractivity contribution in [2.75, 3.05) is 0 Å². The predicted molar refractivity (Wildman–Crippen MR) is 81.3 cm³/mol. The second-order valence-electron chi connectivity index (χ2n) is 4.79. The van der Waals surface area contributed by atoms with Crippen molar-refractivity contribution in [2.24, 2.45) is 0 Å². The molecule has 0 saturated heterocycles. The maximum Gasteiger partial charge on any atom is 0.326 e. The molecule has 1 atom stereocenters. The van der Waals surface area contributed by atoms with Crippen molar-refractivity contribution in [1.82, 2.24) is 5.32 Å². The van der Waals surface area contributed by atoms with Gasteiger partial charge in [-0.15, -0.1) is 0 Å². The predicted octanol–water partition coefficient (Wildman–Crippen LogP) is 1.70. The number of unbranched alkanes of at least 4 members (excludes halogenated alkanes) is 2. The monoisotopic (exact) mass is 302 g/mol. The Balaban J connectivity index is 0.00000400. The molecular weight excluding hydrogens is 281 g/mol. The van der Waals surface area contributed by atoms with Gasteiger partial charge in [-0.3, -0.25) is 4.79 Å². The Hall–Kier alpha value is -1.04. The smallest absolute Gasteiger partial charge is 0.326 e. The van der Waals surface area contributed by atoms with Gasteiger partial charge < -0.3 is 15.5 Å². The molecule has 0 aromatic heterocycles. The Bertz CT molecular complexity index is 447. The number of phenols is 1. The molecule has 21 heavy (non-hydrogen) atoms. The van der Waals surface area contributed by atoms with Crippen molar-refractivity contribution >= 4 is 41.4 Å². The molecule has 1 aromatic carbocycles. The van der Waals surface area contributed by atoms with Crippen molar-refractivity contribution in [3.63, 3.8) is 0 Å². The van der Waals surface area contributed by atoms with Crippen molar-refractivity contribution in [1.29, 1.82) is 0 Å². The van der Waals surface area contributed by atoms with Gasteiger partial charge in [-0.05, 0) is 24.1 Å². The van der Waals surface area contributed by atoms with Gasteiger partial charge in [0.15, 0.2) is 0 Å². The van der Waals surface area contributed by atoms with Gasteiger partial charge in [-0.2, -0.15) is 0 Å². The standard InChI is InChI=1S/C15H21NO4.Na/c1-2-3-4-5-14(18)16-13(15(19)20)10-11-6-8-12(17)9-7-11;/h6-9,13,17H,2-5,10H2,1H3,(H,16,18)(H,19,20);/t13-;/m0./s1. The second-order valence-corrected chi connectivity index (χ2v) is 4.79. The summed E-state index contributed by atoms with van der Waals surface area (Å²) in [6.07, 6.45) is 3.31. The van der Waals surface area contributed by atoms with E-state index in [1.54, 1.807) is 12.1 Å². The maximum atomic E-state index is 11.7. The third kappa shape index (κ3) is 8.09. The summed E-state index contributed by atoms with van der Waals surface area (Å²) in [6, 6.07) is 5.35. The van der Waals surface area contributed by atoms with Gasteiger partial charge in [-0.1, -0.05) is 31.9 Å². The van der Waals surface area contributed by atoms with E-state index < -0.39 is 12.0 Å². The number of carboxylic acids is 1. The number of phenolic OH excluding ortho intramolecular Hbond substituents is 1. The quantitative estimate of drug-likeness (QED) is 0.504. The first-order valence-electron chi connectivity index (χ1n) is 6.83. The molecule has 1 aromatic rings. The number of nitrogens with one attached hydrogen (secondary N) is 1. The van der Waals surface area contributed by atoms with Crippen LogP contribution in [-0.2, 0) is 16.0 Å². The number of aliphatic carboxylic acids is 1. The van der Waals surface area contributed by atoms with Crippen LogP contribution in [0.5, 0.6) is 5.75 Å².